The molecule has 0 aromatic heterocycles. The molecule has 0 N–H and O–H groups in total. The Labute approximate surface area is 119 Å². The lowest BCUT2D eigenvalue weighted by atomic mass is 10.0. The van der Waals surface area contributed by atoms with E-state index in [0.717, 1.165) is 12.0 Å². The molecule has 0 aliphatic rings. The van der Waals surface area contributed by atoms with Gasteiger partial charge in [0.25, 0.3) is 0 Å². The molecule has 0 radical (unpaired) electrons. The number of hydrogen-bond acceptors (Lipinski definition) is 0. The van der Waals surface area contributed by atoms with E-state index in [1.165, 1.54) is 22.3 Å². The molecule has 0 heterocycles. The molecule has 1 rings (SSSR count). The first kappa shape index (κ1) is 17.4. The quantitative estimate of drug-likeness (QED) is 0.586. The van der Waals surface area contributed by atoms with Crippen LogP contribution in [0.15, 0.2) is 54.2 Å². The molecule has 0 bridgehead atoms. The van der Waals surface area contributed by atoms with Crippen LogP contribution < -0.4 is 0 Å². The average Bonchev–Trinajstić information content (AvgIpc) is 2.33. The van der Waals surface area contributed by atoms with Gasteiger partial charge in [-0.05, 0) is 57.7 Å². The number of allylic oxidation sites excluding steroid dienone is 5. The van der Waals surface area contributed by atoms with Gasteiger partial charge < -0.3 is 0 Å². The Morgan fingerprint density at radius 1 is 1.21 bits per heavy atom. The molecule has 1 aromatic rings. The molecule has 0 atom stereocenters. The summed E-state index contributed by atoms with van der Waals surface area (Å²) >= 11 is 0. The fourth-order valence-electron chi connectivity index (χ4n) is 1.89. The van der Waals surface area contributed by atoms with Gasteiger partial charge in [-0.1, -0.05) is 61.1 Å². The van der Waals surface area contributed by atoms with Crippen molar-refractivity contribution >= 4 is 0 Å². The van der Waals surface area contributed by atoms with Crippen LogP contribution in [0.2, 0.25) is 0 Å². The summed E-state index contributed by atoms with van der Waals surface area (Å²) in [4.78, 5) is 0. The number of hydrogen-bond donors (Lipinski definition) is 0. The van der Waals surface area contributed by atoms with Gasteiger partial charge in [0, 0.05) is 0 Å². The van der Waals surface area contributed by atoms with Gasteiger partial charge in [-0.15, -0.1) is 0 Å². The van der Waals surface area contributed by atoms with E-state index in [9.17, 15) is 0 Å². The number of aryl methyl sites for hydroxylation is 2. The van der Waals surface area contributed by atoms with E-state index in [4.69, 9.17) is 0 Å². The third-order valence-electron chi connectivity index (χ3n) is 3.00. The fraction of sp³-hybridized carbons (Fsp3) is 0.368. The summed E-state index contributed by atoms with van der Waals surface area (Å²) in [7, 11) is 0. The number of rotatable bonds is 3. The summed E-state index contributed by atoms with van der Waals surface area (Å²) in [6.07, 6.45) is 7.29. The zero-order valence-corrected chi connectivity index (χ0v) is 13.4. The SMILES string of the molecule is C=C(C)/C=C(C)\C=C/C.CCc1cccc(C)c1C. The zero-order valence-electron chi connectivity index (χ0n) is 13.4. The minimum Gasteiger partial charge on any atom is -0.0961 e. The van der Waals surface area contributed by atoms with Crippen molar-refractivity contribution in [3.8, 4) is 0 Å². The Morgan fingerprint density at radius 2 is 1.84 bits per heavy atom. The standard InChI is InChI=1S/C10H14.C9H14/c1-4-10-7-5-6-8(2)9(10)3;1-5-6-9(4)7-8(2)3/h5-7H,4H2,1-3H3;5-7H,2H2,1,3-4H3/b;6-5-,9-7-. The summed E-state index contributed by atoms with van der Waals surface area (Å²) in [5, 5.41) is 0. The van der Waals surface area contributed by atoms with Gasteiger partial charge in [-0.25, -0.2) is 0 Å². The van der Waals surface area contributed by atoms with Crippen molar-refractivity contribution in [3.63, 3.8) is 0 Å². The zero-order chi connectivity index (χ0) is 14.8. The molecule has 1 aromatic carbocycles. The summed E-state index contributed by atoms with van der Waals surface area (Å²) in [5.74, 6) is 0. The predicted octanol–water partition coefficient (Wildman–Crippen LogP) is 5.95. The van der Waals surface area contributed by atoms with Crippen LogP contribution in [0, 0.1) is 13.8 Å². The third-order valence-corrected chi connectivity index (χ3v) is 3.00. The van der Waals surface area contributed by atoms with E-state index >= 15 is 0 Å². The van der Waals surface area contributed by atoms with E-state index in [1.54, 1.807) is 0 Å². The first-order chi connectivity index (χ1) is 8.92. The monoisotopic (exact) mass is 256 g/mol. The van der Waals surface area contributed by atoms with Crippen molar-refractivity contribution in [2.45, 2.75) is 48.0 Å². The van der Waals surface area contributed by atoms with Gasteiger partial charge in [0.15, 0.2) is 0 Å². The van der Waals surface area contributed by atoms with Crippen molar-refractivity contribution in [1.29, 1.82) is 0 Å². The van der Waals surface area contributed by atoms with Gasteiger partial charge >= 0.3 is 0 Å². The topological polar surface area (TPSA) is 0 Å². The van der Waals surface area contributed by atoms with Gasteiger partial charge in [0.2, 0.25) is 0 Å². The summed E-state index contributed by atoms with van der Waals surface area (Å²) in [6, 6.07) is 6.48. The smallest absolute Gasteiger partial charge is 0.0305 e. The summed E-state index contributed by atoms with van der Waals surface area (Å²) in [6.45, 7) is 16.4. The van der Waals surface area contributed by atoms with Crippen LogP contribution in [-0.4, -0.2) is 0 Å². The van der Waals surface area contributed by atoms with Crippen LogP contribution in [-0.2, 0) is 6.42 Å². The highest BCUT2D eigenvalue weighted by Gasteiger charge is 1.95. The summed E-state index contributed by atoms with van der Waals surface area (Å²) < 4.78 is 0. The molecule has 19 heavy (non-hydrogen) atoms. The molecule has 0 aliphatic heterocycles. The van der Waals surface area contributed by atoms with Crippen molar-refractivity contribution < 1.29 is 0 Å². The van der Waals surface area contributed by atoms with Crippen molar-refractivity contribution in [2.75, 3.05) is 0 Å². The highest BCUT2D eigenvalue weighted by Crippen LogP contribution is 2.12. The second kappa shape index (κ2) is 9.38. The predicted molar refractivity (Wildman–Crippen MR) is 88.7 cm³/mol. The molecule has 0 spiro atoms. The van der Waals surface area contributed by atoms with Crippen LogP contribution in [0.5, 0.6) is 0 Å². The fourth-order valence-corrected chi connectivity index (χ4v) is 1.89. The number of benzene rings is 1. The summed E-state index contributed by atoms with van der Waals surface area (Å²) in [5.41, 5.74) is 6.68. The lowest BCUT2D eigenvalue weighted by molar-refractivity contribution is 1.09. The second-order valence-corrected chi connectivity index (χ2v) is 4.95. The van der Waals surface area contributed by atoms with E-state index in [1.807, 2.05) is 19.9 Å². The molecule has 0 saturated carbocycles. The van der Waals surface area contributed by atoms with Crippen molar-refractivity contribution in [1.82, 2.24) is 0 Å². The van der Waals surface area contributed by atoms with Crippen LogP contribution in [0.4, 0.5) is 0 Å². The first-order valence-electron chi connectivity index (χ1n) is 6.93. The Hall–Kier alpha value is -1.56. The molecule has 0 aliphatic carbocycles. The van der Waals surface area contributed by atoms with E-state index in [2.05, 4.69) is 64.6 Å². The van der Waals surface area contributed by atoms with Crippen LogP contribution in [0.1, 0.15) is 44.4 Å². The Kier molecular flexibility index (Phi) is 8.61. The minimum absolute atomic E-state index is 1.10. The molecule has 0 fully saturated rings. The van der Waals surface area contributed by atoms with Crippen molar-refractivity contribution in [3.05, 3.63) is 70.8 Å². The van der Waals surface area contributed by atoms with Crippen LogP contribution in [0.3, 0.4) is 0 Å². The molecule has 0 nitrogen and oxygen atoms in total. The van der Waals surface area contributed by atoms with Gasteiger partial charge in [-0.2, -0.15) is 0 Å². The van der Waals surface area contributed by atoms with E-state index < -0.39 is 0 Å². The Balaban J connectivity index is 0.000000344. The minimum atomic E-state index is 1.10. The van der Waals surface area contributed by atoms with E-state index in [-0.39, 0.29) is 0 Å². The van der Waals surface area contributed by atoms with Gasteiger partial charge in [0.1, 0.15) is 0 Å². The molecule has 0 unspecified atom stereocenters. The van der Waals surface area contributed by atoms with Gasteiger partial charge in [0.05, 0.1) is 0 Å². The maximum absolute atomic E-state index is 3.77. The molecular weight excluding hydrogens is 228 g/mol. The molecular formula is C19H28. The molecule has 0 saturated heterocycles. The largest absolute Gasteiger partial charge is 0.0961 e. The maximum Gasteiger partial charge on any atom is -0.0305 e. The Morgan fingerprint density at radius 3 is 2.26 bits per heavy atom. The second-order valence-electron chi connectivity index (χ2n) is 4.95. The van der Waals surface area contributed by atoms with Gasteiger partial charge in [-0.3, -0.25) is 0 Å². The van der Waals surface area contributed by atoms with Crippen LogP contribution >= 0.6 is 0 Å². The third kappa shape index (κ3) is 7.46. The normalized spacial score (nSPS) is 11.2. The lowest BCUT2D eigenvalue weighted by Crippen LogP contribution is -1.88. The Bertz CT molecular complexity index is 459. The van der Waals surface area contributed by atoms with Crippen LogP contribution in [0.25, 0.3) is 0 Å². The average molecular weight is 256 g/mol. The molecule has 0 amide bonds. The molecule has 0 heteroatoms. The lowest BCUT2D eigenvalue weighted by Gasteiger charge is -2.04. The van der Waals surface area contributed by atoms with E-state index in [0.29, 0.717) is 0 Å². The maximum atomic E-state index is 3.77. The molecule has 104 valence electrons. The van der Waals surface area contributed by atoms with Crippen molar-refractivity contribution in [2.24, 2.45) is 0 Å². The highest BCUT2D eigenvalue weighted by atomic mass is 14.0. The first-order valence-corrected chi connectivity index (χ1v) is 6.93. The highest BCUT2D eigenvalue weighted by molar-refractivity contribution is 5.32.